The normalized spacial score (nSPS) is 8.95. The van der Waals surface area contributed by atoms with Crippen molar-refractivity contribution in [2.24, 2.45) is 4.99 Å². The fourth-order valence-corrected chi connectivity index (χ4v) is 1.12. The van der Waals surface area contributed by atoms with Gasteiger partial charge in [0, 0.05) is 6.54 Å². The molecular formula is C11H23ClN4O4. The van der Waals surface area contributed by atoms with Crippen molar-refractivity contribution in [3.8, 4) is 0 Å². The maximum Gasteiger partial charge on any atom is 0.413 e. The number of carbonyl (C=O) groups is 2. The molecule has 0 bridgehead atoms. The largest absolute Gasteiger partial charge is 1.00 e. The Balaban J connectivity index is 0. The van der Waals surface area contributed by atoms with Gasteiger partial charge in [-0.25, -0.2) is 9.59 Å². The van der Waals surface area contributed by atoms with Crippen LogP contribution in [0.25, 0.3) is 0 Å². The lowest BCUT2D eigenvalue weighted by Crippen LogP contribution is -3.00. The standard InChI is InChI=1S/C11H22N4O4.ClH/c1-3-18-10(16)14-9(13-8-6-5-7-12)15-11(17)19-4-2;/h3-8,12H2,1-2H3,(H2,13,14,15,16,17);1H. The molecule has 8 nitrogen and oxygen atoms in total. The van der Waals surface area contributed by atoms with Gasteiger partial charge in [-0.05, 0) is 26.7 Å². The van der Waals surface area contributed by atoms with Crippen LogP contribution in [0.2, 0.25) is 0 Å². The van der Waals surface area contributed by atoms with E-state index >= 15 is 0 Å². The summed E-state index contributed by atoms with van der Waals surface area (Å²) in [6, 6.07) is 0. The zero-order chi connectivity index (χ0) is 14.5. The lowest BCUT2D eigenvalue weighted by Gasteiger charge is -2.10. The number of guanidine groups is 1. The highest BCUT2D eigenvalue weighted by molar-refractivity contribution is 6.01. The Bertz CT molecular complexity index is 291. The first-order valence-corrected chi connectivity index (χ1v) is 6.35. The maximum absolute atomic E-state index is 11.3. The van der Waals surface area contributed by atoms with Gasteiger partial charge in [0.25, 0.3) is 0 Å². The topological polar surface area (TPSA) is 117 Å². The molecule has 0 aromatic rings. The summed E-state index contributed by atoms with van der Waals surface area (Å²) >= 11 is 0. The van der Waals surface area contributed by atoms with Gasteiger partial charge in [0.05, 0.1) is 19.8 Å². The molecule has 0 spiro atoms. The Kier molecular flexibility index (Phi) is 14.4. The fraction of sp³-hybridized carbons (Fsp3) is 0.727. The number of nitrogens with zero attached hydrogens (tertiary/aromatic N) is 1. The van der Waals surface area contributed by atoms with Crippen LogP contribution in [0.5, 0.6) is 0 Å². The molecule has 2 amide bonds. The molecule has 0 radical (unpaired) electrons. The zero-order valence-electron chi connectivity index (χ0n) is 11.9. The van der Waals surface area contributed by atoms with Crippen LogP contribution in [0, 0.1) is 0 Å². The number of ether oxygens (including phenoxy) is 2. The smallest absolute Gasteiger partial charge is 0.413 e. The third kappa shape index (κ3) is 11.5. The Hall–Kier alpha value is -1.54. The van der Waals surface area contributed by atoms with Crippen molar-refractivity contribution in [1.82, 2.24) is 10.6 Å². The predicted molar refractivity (Wildman–Crippen MR) is 69.6 cm³/mol. The van der Waals surface area contributed by atoms with Crippen LogP contribution in [-0.2, 0) is 9.47 Å². The lowest BCUT2D eigenvalue weighted by atomic mass is 10.3. The van der Waals surface area contributed by atoms with Gasteiger partial charge in [-0.3, -0.25) is 15.6 Å². The van der Waals surface area contributed by atoms with Crippen LogP contribution in [-0.4, -0.2) is 44.4 Å². The van der Waals surface area contributed by atoms with Crippen molar-refractivity contribution in [2.75, 3.05) is 26.3 Å². The van der Waals surface area contributed by atoms with E-state index in [-0.39, 0.29) is 31.6 Å². The zero-order valence-corrected chi connectivity index (χ0v) is 12.7. The Labute approximate surface area is 124 Å². The highest BCUT2D eigenvalue weighted by Crippen LogP contribution is 1.88. The van der Waals surface area contributed by atoms with Gasteiger partial charge in [0.1, 0.15) is 0 Å². The Morgan fingerprint density at radius 2 is 1.55 bits per heavy atom. The second kappa shape index (κ2) is 13.9. The van der Waals surface area contributed by atoms with Crippen molar-refractivity contribution in [1.29, 1.82) is 0 Å². The highest BCUT2D eigenvalue weighted by Gasteiger charge is 2.10. The van der Waals surface area contributed by atoms with Gasteiger partial charge in [-0.2, -0.15) is 0 Å². The Morgan fingerprint density at radius 3 is 1.95 bits per heavy atom. The SMILES string of the molecule is CCOC(=O)NC(=NCCCC[NH3+])NC(=O)OCC.[Cl-]. The number of hydrogen-bond donors (Lipinski definition) is 3. The first-order valence-electron chi connectivity index (χ1n) is 6.35. The van der Waals surface area contributed by atoms with Gasteiger partial charge in [0.2, 0.25) is 5.96 Å². The third-order valence-corrected chi connectivity index (χ3v) is 1.92. The number of nitrogens with one attached hydrogen (secondary N) is 2. The summed E-state index contributed by atoms with van der Waals surface area (Å²) < 4.78 is 9.42. The molecule has 0 atom stereocenters. The summed E-state index contributed by atoms with van der Waals surface area (Å²) in [5, 5.41) is 4.69. The fourth-order valence-electron chi connectivity index (χ4n) is 1.12. The predicted octanol–water partition coefficient (Wildman–Crippen LogP) is -3.14. The van der Waals surface area contributed by atoms with Gasteiger partial charge < -0.3 is 27.6 Å². The van der Waals surface area contributed by atoms with E-state index < -0.39 is 12.2 Å². The minimum atomic E-state index is -0.671. The monoisotopic (exact) mass is 310 g/mol. The van der Waals surface area contributed by atoms with E-state index in [2.05, 4.69) is 21.4 Å². The van der Waals surface area contributed by atoms with Crippen molar-refractivity contribution >= 4 is 18.1 Å². The van der Waals surface area contributed by atoms with Gasteiger partial charge in [-0.1, -0.05) is 0 Å². The molecule has 0 fully saturated rings. The lowest BCUT2D eigenvalue weighted by molar-refractivity contribution is -0.368. The minimum absolute atomic E-state index is 0. The Morgan fingerprint density at radius 1 is 1.05 bits per heavy atom. The number of hydrogen-bond acceptors (Lipinski definition) is 5. The van der Waals surface area contributed by atoms with E-state index in [1.54, 1.807) is 13.8 Å². The molecule has 20 heavy (non-hydrogen) atoms. The van der Waals surface area contributed by atoms with E-state index in [1.807, 2.05) is 0 Å². The molecule has 118 valence electrons. The third-order valence-electron chi connectivity index (χ3n) is 1.92. The number of rotatable bonds is 6. The van der Waals surface area contributed by atoms with Crippen LogP contribution in [0.1, 0.15) is 26.7 Å². The van der Waals surface area contributed by atoms with Crippen LogP contribution < -0.4 is 28.8 Å². The van der Waals surface area contributed by atoms with Crippen LogP contribution in [0.15, 0.2) is 4.99 Å². The molecule has 0 heterocycles. The number of quaternary nitrogens is 1. The van der Waals surface area contributed by atoms with Gasteiger partial charge >= 0.3 is 12.2 Å². The van der Waals surface area contributed by atoms with E-state index in [1.165, 1.54) is 0 Å². The number of alkyl carbamates (subject to hydrolysis) is 2. The molecule has 9 heteroatoms. The molecule has 0 aliphatic rings. The van der Waals surface area contributed by atoms with Crippen molar-refractivity contribution in [3.63, 3.8) is 0 Å². The summed E-state index contributed by atoms with van der Waals surface area (Å²) in [4.78, 5) is 26.6. The van der Waals surface area contributed by atoms with Crippen molar-refractivity contribution in [2.45, 2.75) is 26.7 Å². The van der Waals surface area contributed by atoms with E-state index in [4.69, 9.17) is 9.47 Å². The molecule has 0 saturated heterocycles. The molecule has 0 rings (SSSR count). The molecule has 0 aliphatic heterocycles. The molecule has 0 aromatic carbocycles. The maximum atomic E-state index is 11.3. The first kappa shape index (κ1) is 20.8. The quantitative estimate of drug-likeness (QED) is 0.273. The number of aliphatic imine (C=N–C) groups is 1. The van der Waals surface area contributed by atoms with E-state index in [0.29, 0.717) is 6.54 Å². The van der Waals surface area contributed by atoms with E-state index in [9.17, 15) is 9.59 Å². The average Bonchev–Trinajstić information content (AvgIpc) is 2.35. The number of unbranched alkanes of at least 4 members (excludes halogenated alkanes) is 1. The molecule has 0 aliphatic carbocycles. The summed E-state index contributed by atoms with van der Waals surface area (Å²) in [6.45, 7) is 5.14. The summed E-state index contributed by atoms with van der Waals surface area (Å²) in [5.41, 5.74) is 3.72. The number of carbonyl (C=O) groups excluding carboxylic acids is 2. The minimum Gasteiger partial charge on any atom is -1.00 e. The van der Waals surface area contributed by atoms with Crippen molar-refractivity contribution < 1.29 is 37.2 Å². The number of amides is 2. The molecule has 0 aromatic heterocycles. The van der Waals surface area contributed by atoms with Crippen LogP contribution >= 0.6 is 0 Å². The highest BCUT2D eigenvalue weighted by atomic mass is 35.5. The van der Waals surface area contributed by atoms with Gasteiger partial charge in [0.15, 0.2) is 0 Å². The first-order chi connectivity index (χ1) is 9.13. The summed E-state index contributed by atoms with van der Waals surface area (Å²) in [5.74, 6) is 0.0287. The summed E-state index contributed by atoms with van der Waals surface area (Å²) in [6.07, 6.45) is 0.405. The number of halogens is 1. The van der Waals surface area contributed by atoms with Gasteiger partial charge in [-0.15, -0.1) is 0 Å². The van der Waals surface area contributed by atoms with Crippen molar-refractivity contribution in [3.05, 3.63) is 0 Å². The molecule has 0 saturated carbocycles. The molecule has 5 N–H and O–H groups in total. The van der Waals surface area contributed by atoms with E-state index in [0.717, 1.165) is 19.4 Å². The second-order valence-electron chi connectivity index (χ2n) is 3.48. The second-order valence-corrected chi connectivity index (χ2v) is 3.48. The molecular weight excluding hydrogens is 288 g/mol. The van der Waals surface area contributed by atoms with Crippen LogP contribution in [0.3, 0.4) is 0 Å². The summed E-state index contributed by atoms with van der Waals surface area (Å²) in [7, 11) is 0. The average molecular weight is 311 g/mol. The molecule has 0 unspecified atom stereocenters. The van der Waals surface area contributed by atoms with Crippen LogP contribution in [0.4, 0.5) is 9.59 Å².